The van der Waals surface area contributed by atoms with Crippen molar-refractivity contribution in [3.05, 3.63) is 0 Å². The molecule has 0 aliphatic carbocycles. The molecule has 0 aromatic heterocycles. The van der Waals surface area contributed by atoms with Gasteiger partial charge in [0.15, 0.2) is 0 Å². The van der Waals surface area contributed by atoms with Gasteiger partial charge in [-0.15, -0.1) is 0 Å². The van der Waals surface area contributed by atoms with Crippen LogP contribution in [-0.4, -0.2) is 62.1 Å². The lowest BCUT2D eigenvalue weighted by Crippen LogP contribution is -2.37. The molecule has 0 radical (unpaired) electrons. The number of carbonyl (C=O) groups is 2. The summed E-state index contributed by atoms with van der Waals surface area (Å²) in [7, 11) is 0. The fourth-order valence-electron chi connectivity index (χ4n) is 1.28. The van der Waals surface area contributed by atoms with Crippen LogP contribution in [0.2, 0.25) is 0 Å². The zero-order chi connectivity index (χ0) is 14.0. The Bertz CT molecular complexity index is 251. The van der Waals surface area contributed by atoms with Gasteiger partial charge in [-0.1, -0.05) is 0 Å². The molecule has 6 nitrogen and oxygen atoms in total. The van der Waals surface area contributed by atoms with Crippen LogP contribution in [0, 0.1) is 0 Å². The van der Waals surface area contributed by atoms with Gasteiger partial charge in [-0.05, 0) is 20.8 Å². The number of nitrogens with zero attached hydrogens (tertiary/aromatic N) is 1. The molecule has 0 saturated heterocycles. The summed E-state index contributed by atoms with van der Waals surface area (Å²) in [5.74, 6) is -0.344. The first-order valence-corrected chi connectivity index (χ1v) is 6.04. The third-order valence-electron chi connectivity index (χ3n) is 1.92. The van der Waals surface area contributed by atoms with E-state index >= 15 is 0 Å². The molecule has 0 saturated carbocycles. The fourth-order valence-corrected chi connectivity index (χ4v) is 1.28. The van der Waals surface area contributed by atoms with E-state index in [1.54, 1.807) is 25.7 Å². The van der Waals surface area contributed by atoms with Gasteiger partial charge in [0.25, 0.3) is 0 Å². The van der Waals surface area contributed by atoms with Crippen LogP contribution in [0.25, 0.3) is 0 Å². The molecule has 0 spiro atoms. The van der Waals surface area contributed by atoms with E-state index in [4.69, 9.17) is 15.2 Å². The van der Waals surface area contributed by atoms with E-state index < -0.39 is 5.60 Å². The summed E-state index contributed by atoms with van der Waals surface area (Å²) in [5, 5.41) is 0. The summed E-state index contributed by atoms with van der Waals surface area (Å²) in [6.07, 6.45) is 0.757. The zero-order valence-electron chi connectivity index (χ0n) is 11.5. The Hall–Kier alpha value is -0.980. The molecule has 0 bridgehead atoms. The first-order valence-electron chi connectivity index (χ1n) is 6.04. The second kappa shape index (κ2) is 9.02. The van der Waals surface area contributed by atoms with Gasteiger partial charge in [0.2, 0.25) is 0 Å². The van der Waals surface area contributed by atoms with Crippen molar-refractivity contribution in [2.45, 2.75) is 26.4 Å². The average molecular weight is 260 g/mol. The Morgan fingerprint density at radius 1 is 1.33 bits per heavy atom. The number of hydrogen-bond acceptors (Lipinski definition) is 6. The summed E-state index contributed by atoms with van der Waals surface area (Å²) < 4.78 is 10.4. The molecule has 106 valence electrons. The van der Waals surface area contributed by atoms with Gasteiger partial charge in [-0.3, -0.25) is 9.69 Å². The lowest BCUT2D eigenvalue weighted by atomic mass is 10.2. The van der Waals surface area contributed by atoms with Gasteiger partial charge >= 0.3 is 5.97 Å². The highest BCUT2D eigenvalue weighted by molar-refractivity contribution is 5.72. The first kappa shape index (κ1) is 17.0. The van der Waals surface area contributed by atoms with Crippen molar-refractivity contribution < 1.29 is 19.1 Å². The van der Waals surface area contributed by atoms with Crippen LogP contribution in [0.5, 0.6) is 0 Å². The van der Waals surface area contributed by atoms with Crippen LogP contribution in [0.1, 0.15) is 20.8 Å². The lowest BCUT2D eigenvalue weighted by Gasteiger charge is -2.23. The third kappa shape index (κ3) is 10.2. The molecular formula is C12H24N2O4. The van der Waals surface area contributed by atoms with Crippen LogP contribution in [0.15, 0.2) is 0 Å². The van der Waals surface area contributed by atoms with E-state index in [0.29, 0.717) is 26.3 Å². The standard InChI is InChI=1S/C12H24N2O4/c1-12(2,3)18-11(16)10-14(5-7-15)6-9-17-8-4-13/h7H,4-6,8-10,13H2,1-3H3. The van der Waals surface area contributed by atoms with E-state index in [0.717, 1.165) is 6.29 Å². The van der Waals surface area contributed by atoms with Crippen LogP contribution in [0.4, 0.5) is 0 Å². The van der Waals surface area contributed by atoms with Crippen LogP contribution >= 0.6 is 0 Å². The van der Waals surface area contributed by atoms with Crippen molar-refractivity contribution >= 4 is 12.3 Å². The largest absolute Gasteiger partial charge is 0.459 e. The molecule has 6 heteroatoms. The average Bonchev–Trinajstić information content (AvgIpc) is 2.21. The molecule has 0 aromatic rings. The maximum Gasteiger partial charge on any atom is 0.320 e. The monoisotopic (exact) mass is 260 g/mol. The molecule has 0 aliphatic heterocycles. The summed E-state index contributed by atoms with van der Waals surface area (Å²) in [5.41, 5.74) is 4.77. The molecule has 0 heterocycles. The highest BCUT2D eigenvalue weighted by Crippen LogP contribution is 2.07. The minimum absolute atomic E-state index is 0.0853. The topological polar surface area (TPSA) is 81.9 Å². The van der Waals surface area contributed by atoms with Crippen LogP contribution in [0.3, 0.4) is 0 Å². The predicted molar refractivity (Wildman–Crippen MR) is 68.2 cm³/mol. The molecular weight excluding hydrogens is 236 g/mol. The van der Waals surface area contributed by atoms with Crippen molar-refractivity contribution in [2.24, 2.45) is 5.73 Å². The quantitative estimate of drug-likeness (QED) is 0.351. The van der Waals surface area contributed by atoms with Gasteiger partial charge in [-0.25, -0.2) is 0 Å². The fraction of sp³-hybridized carbons (Fsp3) is 0.833. The smallest absolute Gasteiger partial charge is 0.320 e. The minimum Gasteiger partial charge on any atom is -0.459 e. The zero-order valence-corrected chi connectivity index (χ0v) is 11.5. The molecule has 2 N–H and O–H groups in total. The van der Waals surface area contributed by atoms with Crippen LogP contribution < -0.4 is 5.73 Å². The van der Waals surface area contributed by atoms with E-state index in [1.165, 1.54) is 0 Å². The van der Waals surface area contributed by atoms with Gasteiger partial charge in [0.05, 0.1) is 26.3 Å². The molecule has 0 amide bonds. The Labute approximate surface area is 108 Å². The first-order chi connectivity index (χ1) is 8.39. The molecule has 0 rings (SSSR count). The summed E-state index contributed by atoms with van der Waals surface area (Å²) in [6.45, 7) is 7.55. The molecule has 0 unspecified atom stereocenters. The molecule has 0 aliphatic rings. The van der Waals surface area contributed by atoms with Gasteiger partial charge in [0, 0.05) is 13.1 Å². The van der Waals surface area contributed by atoms with Crippen LogP contribution in [-0.2, 0) is 19.1 Å². The highest BCUT2D eigenvalue weighted by atomic mass is 16.6. The summed E-state index contributed by atoms with van der Waals surface area (Å²) in [4.78, 5) is 23.8. The van der Waals surface area contributed by atoms with Crippen molar-refractivity contribution in [1.82, 2.24) is 4.90 Å². The Morgan fingerprint density at radius 3 is 2.50 bits per heavy atom. The minimum atomic E-state index is -0.514. The van der Waals surface area contributed by atoms with Crippen molar-refractivity contribution in [1.29, 1.82) is 0 Å². The Balaban J connectivity index is 4.01. The molecule has 0 fully saturated rings. The van der Waals surface area contributed by atoms with E-state index in [-0.39, 0.29) is 19.1 Å². The molecule has 0 aromatic carbocycles. The van der Waals surface area contributed by atoms with Crippen molar-refractivity contribution in [3.8, 4) is 0 Å². The Kier molecular flexibility index (Phi) is 8.53. The van der Waals surface area contributed by atoms with Gasteiger partial charge in [-0.2, -0.15) is 0 Å². The maximum atomic E-state index is 11.6. The number of nitrogens with two attached hydrogens (primary N) is 1. The summed E-state index contributed by atoms with van der Waals surface area (Å²) >= 11 is 0. The van der Waals surface area contributed by atoms with Gasteiger partial charge in [0.1, 0.15) is 11.9 Å². The normalized spacial score (nSPS) is 11.6. The highest BCUT2D eigenvalue weighted by Gasteiger charge is 2.18. The number of esters is 1. The number of hydrogen-bond donors (Lipinski definition) is 1. The SMILES string of the molecule is CC(C)(C)OC(=O)CN(CC=O)CCOCCN. The van der Waals surface area contributed by atoms with E-state index in [9.17, 15) is 9.59 Å². The van der Waals surface area contributed by atoms with E-state index in [2.05, 4.69) is 0 Å². The number of carbonyl (C=O) groups excluding carboxylic acids is 2. The third-order valence-corrected chi connectivity index (χ3v) is 1.92. The van der Waals surface area contributed by atoms with Crippen molar-refractivity contribution in [2.75, 3.05) is 39.4 Å². The second-order valence-electron chi connectivity index (χ2n) is 4.89. The maximum absolute atomic E-state index is 11.6. The number of ether oxygens (including phenoxy) is 2. The molecule has 0 atom stereocenters. The number of aldehydes is 1. The molecule has 18 heavy (non-hydrogen) atoms. The lowest BCUT2D eigenvalue weighted by molar-refractivity contribution is -0.156. The van der Waals surface area contributed by atoms with Gasteiger partial charge < -0.3 is 20.0 Å². The van der Waals surface area contributed by atoms with E-state index in [1.807, 2.05) is 0 Å². The number of rotatable bonds is 9. The Morgan fingerprint density at radius 2 is 2.00 bits per heavy atom. The summed E-state index contributed by atoms with van der Waals surface area (Å²) in [6, 6.07) is 0. The second-order valence-corrected chi connectivity index (χ2v) is 4.89. The van der Waals surface area contributed by atoms with Crippen molar-refractivity contribution in [3.63, 3.8) is 0 Å². The predicted octanol–water partition coefficient (Wildman–Crippen LogP) is -0.196.